The average molecular weight is 274 g/mol. The smallest absolute Gasteiger partial charge is 0.146 e. The molecule has 3 N–H and O–H groups in total. The van der Waals surface area contributed by atoms with Crippen molar-refractivity contribution in [1.82, 2.24) is 9.97 Å². The van der Waals surface area contributed by atoms with Crippen molar-refractivity contribution in [3.63, 3.8) is 0 Å². The molecule has 1 aromatic heterocycles. The van der Waals surface area contributed by atoms with Crippen molar-refractivity contribution in [3.8, 4) is 0 Å². The number of nitrogens with zero attached hydrogens (tertiary/aromatic N) is 2. The van der Waals surface area contributed by atoms with Crippen molar-refractivity contribution in [1.29, 1.82) is 0 Å². The van der Waals surface area contributed by atoms with Crippen LogP contribution in [0.15, 0.2) is 24.3 Å². The molecular formula is C15H19FN4. The summed E-state index contributed by atoms with van der Waals surface area (Å²) in [5.74, 6) is 1.15. The molecule has 0 fully saturated rings. The molecule has 4 nitrogen and oxygen atoms in total. The monoisotopic (exact) mass is 274 g/mol. The Morgan fingerprint density at radius 3 is 2.45 bits per heavy atom. The lowest BCUT2D eigenvalue weighted by Gasteiger charge is -2.18. The third kappa shape index (κ3) is 3.23. The van der Waals surface area contributed by atoms with Crippen LogP contribution in [0, 0.1) is 12.7 Å². The van der Waals surface area contributed by atoms with Crippen molar-refractivity contribution in [3.05, 3.63) is 41.5 Å². The lowest BCUT2D eigenvalue weighted by molar-refractivity contribution is 0.547. The molecular weight excluding hydrogens is 255 g/mol. The number of anilines is 3. The Kier molecular flexibility index (Phi) is 3.61. The Balaban J connectivity index is 2.36. The first-order valence-electron chi connectivity index (χ1n) is 6.44. The molecule has 0 saturated carbocycles. The van der Waals surface area contributed by atoms with Crippen molar-refractivity contribution in [2.75, 3.05) is 11.1 Å². The van der Waals surface area contributed by atoms with E-state index in [2.05, 4.69) is 15.3 Å². The highest BCUT2D eigenvalue weighted by Gasteiger charge is 2.19. The van der Waals surface area contributed by atoms with E-state index in [1.807, 2.05) is 33.8 Å². The predicted octanol–water partition coefficient (Wildman–Crippen LogP) is 3.55. The predicted molar refractivity (Wildman–Crippen MR) is 79.6 cm³/mol. The summed E-state index contributed by atoms with van der Waals surface area (Å²) in [7, 11) is 0. The average Bonchev–Trinajstić information content (AvgIpc) is 2.31. The third-order valence-electron chi connectivity index (χ3n) is 2.80. The molecule has 0 aliphatic rings. The van der Waals surface area contributed by atoms with Crippen molar-refractivity contribution >= 4 is 17.3 Å². The normalized spacial score (nSPS) is 11.4. The Hall–Kier alpha value is -2.17. The van der Waals surface area contributed by atoms with Crippen LogP contribution in [0.4, 0.5) is 21.7 Å². The number of rotatable bonds is 2. The zero-order valence-electron chi connectivity index (χ0n) is 12.2. The number of hydrogen-bond donors (Lipinski definition) is 2. The Morgan fingerprint density at radius 1 is 1.15 bits per heavy atom. The van der Waals surface area contributed by atoms with Gasteiger partial charge in [-0.1, -0.05) is 26.8 Å². The summed E-state index contributed by atoms with van der Waals surface area (Å²) < 4.78 is 13.8. The van der Waals surface area contributed by atoms with E-state index < -0.39 is 0 Å². The lowest BCUT2D eigenvalue weighted by atomic mass is 9.96. The summed E-state index contributed by atoms with van der Waals surface area (Å²) in [4.78, 5) is 8.61. The number of aromatic nitrogens is 2. The molecule has 1 heterocycles. The standard InChI is InChI=1S/C15H19FN4/c1-9-5-6-11(10(16)7-9)18-13-8-12(17)19-14(20-13)15(2,3)4/h5-8H,1-4H3,(H3,17,18,19,20). The molecule has 106 valence electrons. The van der Waals surface area contributed by atoms with Crippen molar-refractivity contribution < 1.29 is 4.39 Å². The molecule has 0 aliphatic carbocycles. The van der Waals surface area contributed by atoms with Gasteiger partial charge in [0, 0.05) is 11.5 Å². The maximum absolute atomic E-state index is 13.8. The Labute approximate surface area is 118 Å². The van der Waals surface area contributed by atoms with Crippen molar-refractivity contribution in [2.24, 2.45) is 0 Å². The van der Waals surface area contributed by atoms with Crippen LogP contribution in [0.5, 0.6) is 0 Å². The first-order chi connectivity index (χ1) is 9.25. The van der Waals surface area contributed by atoms with E-state index in [4.69, 9.17) is 5.73 Å². The van der Waals surface area contributed by atoms with Gasteiger partial charge in [-0.05, 0) is 24.6 Å². The first kappa shape index (κ1) is 14.2. The molecule has 0 radical (unpaired) electrons. The van der Waals surface area contributed by atoms with E-state index in [1.165, 1.54) is 6.07 Å². The van der Waals surface area contributed by atoms with Gasteiger partial charge < -0.3 is 11.1 Å². The second-order valence-electron chi connectivity index (χ2n) is 5.86. The summed E-state index contributed by atoms with van der Waals surface area (Å²) in [5, 5.41) is 2.95. The molecule has 20 heavy (non-hydrogen) atoms. The van der Waals surface area contributed by atoms with Crippen LogP contribution in [0.1, 0.15) is 32.2 Å². The van der Waals surface area contributed by atoms with Crippen LogP contribution < -0.4 is 11.1 Å². The van der Waals surface area contributed by atoms with Gasteiger partial charge in [-0.2, -0.15) is 0 Å². The molecule has 0 atom stereocenters. The van der Waals surface area contributed by atoms with Crippen LogP contribution in [-0.2, 0) is 5.41 Å². The fourth-order valence-corrected chi connectivity index (χ4v) is 1.72. The minimum absolute atomic E-state index is 0.225. The second-order valence-corrected chi connectivity index (χ2v) is 5.86. The van der Waals surface area contributed by atoms with Gasteiger partial charge in [0.2, 0.25) is 0 Å². The maximum atomic E-state index is 13.8. The highest BCUT2D eigenvalue weighted by atomic mass is 19.1. The Morgan fingerprint density at radius 2 is 1.85 bits per heavy atom. The van der Waals surface area contributed by atoms with Crippen molar-refractivity contribution in [2.45, 2.75) is 33.1 Å². The molecule has 0 amide bonds. The van der Waals surface area contributed by atoms with Crippen LogP contribution in [-0.4, -0.2) is 9.97 Å². The molecule has 0 saturated heterocycles. The topological polar surface area (TPSA) is 63.8 Å². The molecule has 2 aromatic rings. The SMILES string of the molecule is Cc1ccc(Nc2cc(N)nc(C(C)(C)C)n2)c(F)c1. The van der Waals surface area contributed by atoms with Gasteiger partial charge in [-0.15, -0.1) is 0 Å². The van der Waals surface area contributed by atoms with Gasteiger partial charge >= 0.3 is 0 Å². The number of nitrogens with two attached hydrogens (primary N) is 1. The van der Waals surface area contributed by atoms with Crippen LogP contribution in [0.25, 0.3) is 0 Å². The summed E-state index contributed by atoms with van der Waals surface area (Å²) in [6, 6.07) is 6.58. The van der Waals surface area contributed by atoms with Gasteiger partial charge in [0.1, 0.15) is 23.3 Å². The number of nitrogen functional groups attached to an aromatic ring is 1. The number of halogens is 1. The highest BCUT2D eigenvalue weighted by Crippen LogP contribution is 2.24. The summed E-state index contributed by atoms with van der Waals surface area (Å²) in [6.45, 7) is 7.83. The molecule has 5 heteroatoms. The van der Waals surface area contributed by atoms with Gasteiger partial charge in [-0.3, -0.25) is 0 Å². The number of benzene rings is 1. The third-order valence-corrected chi connectivity index (χ3v) is 2.80. The molecule has 1 aromatic carbocycles. The largest absolute Gasteiger partial charge is 0.384 e. The maximum Gasteiger partial charge on any atom is 0.146 e. The zero-order valence-corrected chi connectivity index (χ0v) is 12.2. The fraction of sp³-hybridized carbons (Fsp3) is 0.333. The molecule has 0 spiro atoms. The Bertz CT molecular complexity index is 632. The zero-order chi connectivity index (χ0) is 14.9. The van der Waals surface area contributed by atoms with Gasteiger partial charge in [0.15, 0.2) is 0 Å². The highest BCUT2D eigenvalue weighted by molar-refractivity contribution is 5.59. The second kappa shape index (κ2) is 5.07. The number of aryl methyl sites for hydroxylation is 1. The van der Waals surface area contributed by atoms with E-state index >= 15 is 0 Å². The van der Waals surface area contributed by atoms with E-state index in [0.29, 0.717) is 23.1 Å². The molecule has 0 bridgehead atoms. The minimum Gasteiger partial charge on any atom is -0.384 e. The summed E-state index contributed by atoms with van der Waals surface area (Å²) >= 11 is 0. The van der Waals surface area contributed by atoms with Gasteiger partial charge in [0.25, 0.3) is 0 Å². The van der Waals surface area contributed by atoms with Crippen LogP contribution in [0.3, 0.4) is 0 Å². The van der Waals surface area contributed by atoms with Crippen LogP contribution in [0.2, 0.25) is 0 Å². The van der Waals surface area contributed by atoms with Gasteiger partial charge in [-0.25, -0.2) is 14.4 Å². The lowest BCUT2D eigenvalue weighted by Crippen LogP contribution is -2.17. The summed E-state index contributed by atoms with van der Waals surface area (Å²) in [6.07, 6.45) is 0. The number of nitrogens with one attached hydrogen (secondary N) is 1. The summed E-state index contributed by atoms with van der Waals surface area (Å²) in [5.41, 5.74) is 6.80. The first-order valence-corrected chi connectivity index (χ1v) is 6.44. The van der Waals surface area contributed by atoms with E-state index in [9.17, 15) is 4.39 Å². The molecule has 2 rings (SSSR count). The van der Waals surface area contributed by atoms with E-state index in [0.717, 1.165) is 5.56 Å². The van der Waals surface area contributed by atoms with Gasteiger partial charge in [0.05, 0.1) is 5.69 Å². The fourth-order valence-electron chi connectivity index (χ4n) is 1.72. The van der Waals surface area contributed by atoms with E-state index in [-0.39, 0.29) is 11.2 Å². The van der Waals surface area contributed by atoms with E-state index in [1.54, 1.807) is 12.1 Å². The minimum atomic E-state index is -0.320. The molecule has 0 unspecified atom stereocenters. The van der Waals surface area contributed by atoms with Crippen LogP contribution >= 0.6 is 0 Å². The number of hydrogen-bond acceptors (Lipinski definition) is 4. The molecule has 0 aliphatic heterocycles. The quantitative estimate of drug-likeness (QED) is 0.879.